The molecule has 0 amide bonds. The normalized spacial score (nSPS) is 9.50. The Kier molecular flexibility index (Phi) is 4.51. The van der Waals surface area contributed by atoms with Crippen LogP contribution < -0.4 is 4.74 Å². The van der Waals surface area contributed by atoms with Gasteiger partial charge in [-0.1, -0.05) is 12.1 Å². The maximum atomic E-state index is 9.06. The highest BCUT2D eigenvalue weighted by molar-refractivity contribution is 9.10. The number of para-hydroxylation sites is 1. The zero-order chi connectivity index (χ0) is 10.4. The van der Waals surface area contributed by atoms with E-state index in [1.54, 1.807) is 0 Å². The summed E-state index contributed by atoms with van der Waals surface area (Å²) >= 11 is 3.35. The van der Waals surface area contributed by atoms with Crippen LogP contribution in [-0.2, 0) is 6.61 Å². The summed E-state index contributed by atoms with van der Waals surface area (Å²) in [6, 6.07) is 5.53. The summed E-state index contributed by atoms with van der Waals surface area (Å²) in [5, 5.41) is 9.06. The zero-order valence-electron chi connectivity index (χ0n) is 7.66. The topological polar surface area (TPSA) is 29.5 Å². The first-order valence-corrected chi connectivity index (χ1v) is 5.03. The molecule has 14 heavy (non-hydrogen) atoms. The van der Waals surface area contributed by atoms with Gasteiger partial charge in [-0.25, -0.2) is 0 Å². The van der Waals surface area contributed by atoms with E-state index in [0.717, 1.165) is 10.0 Å². The Labute approximate surface area is 92.0 Å². The fourth-order valence-electron chi connectivity index (χ4n) is 1.05. The smallest absolute Gasteiger partial charge is 0.139 e. The summed E-state index contributed by atoms with van der Waals surface area (Å²) in [6.45, 7) is 0.428. The molecule has 0 heterocycles. The lowest BCUT2D eigenvalue weighted by atomic mass is 10.2. The van der Waals surface area contributed by atoms with E-state index in [4.69, 9.17) is 16.3 Å². The predicted octanol–water partition coefficient (Wildman–Crippen LogP) is 2.34. The van der Waals surface area contributed by atoms with Gasteiger partial charge < -0.3 is 9.84 Å². The maximum absolute atomic E-state index is 9.06. The van der Waals surface area contributed by atoms with Crippen LogP contribution in [0, 0.1) is 12.3 Å². The van der Waals surface area contributed by atoms with E-state index in [9.17, 15) is 0 Å². The summed E-state index contributed by atoms with van der Waals surface area (Å²) in [5.74, 6) is 3.16. The van der Waals surface area contributed by atoms with Gasteiger partial charge >= 0.3 is 0 Å². The van der Waals surface area contributed by atoms with Crippen LogP contribution in [0.4, 0.5) is 0 Å². The Morgan fingerprint density at radius 1 is 1.50 bits per heavy atom. The molecule has 1 aromatic rings. The minimum Gasteiger partial charge on any atom is -0.491 e. The van der Waals surface area contributed by atoms with E-state index in [1.165, 1.54) is 0 Å². The largest absolute Gasteiger partial charge is 0.491 e. The van der Waals surface area contributed by atoms with Crippen LogP contribution in [0.3, 0.4) is 0 Å². The Morgan fingerprint density at radius 2 is 2.29 bits per heavy atom. The van der Waals surface area contributed by atoms with Crippen molar-refractivity contribution in [3.63, 3.8) is 0 Å². The molecule has 0 aromatic heterocycles. The average molecular weight is 255 g/mol. The minimum atomic E-state index is -0.0369. The summed E-state index contributed by atoms with van der Waals surface area (Å²) < 4.78 is 6.28. The van der Waals surface area contributed by atoms with Gasteiger partial charge in [0, 0.05) is 12.0 Å². The number of terminal acetylenes is 1. The van der Waals surface area contributed by atoms with Crippen molar-refractivity contribution in [1.29, 1.82) is 0 Å². The van der Waals surface area contributed by atoms with Crippen molar-refractivity contribution in [3.8, 4) is 18.1 Å². The fourth-order valence-corrected chi connectivity index (χ4v) is 1.57. The van der Waals surface area contributed by atoms with Crippen molar-refractivity contribution in [2.45, 2.75) is 13.0 Å². The number of aliphatic hydroxyl groups is 1. The number of hydrogen-bond donors (Lipinski definition) is 1. The second-order valence-electron chi connectivity index (χ2n) is 2.69. The molecular weight excluding hydrogens is 244 g/mol. The first-order valence-electron chi connectivity index (χ1n) is 4.24. The molecule has 0 saturated carbocycles. The first-order chi connectivity index (χ1) is 6.79. The maximum Gasteiger partial charge on any atom is 0.139 e. The number of rotatable bonds is 4. The lowest BCUT2D eigenvalue weighted by molar-refractivity contribution is 0.264. The first kappa shape index (κ1) is 11.1. The molecule has 0 aliphatic rings. The quantitative estimate of drug-likeness (QED) is 0.661. The molecule has 0 fully saturated rings. The molecule has 74 valence electrons. The number of hydrogen-bond acceptors (Lipinski definition) is 2. The predicted molar refractivity (Wildman–Crippen MR) is 59.0 cm³/mol. The minimum absolute atomic E-state index is 0.0369. The molecule has 0 radical (unpaired) electrons. The molecule has 0 atom stereocenters. The Balaban J connectivity index is 2.78. The van der Waals surface area contributed by atoms with Gasteiger partial charge in [0.1, 0.15) is 5.75 Å². The number of benzene rings is 1. The van der Waals surface area contributed by atoms with Gasteiger partial charge in [0.05, 0.1) is 17.7 Å². The highest BCUT2D eigenvalue weighted by Crippen LogP contribution is 2.29. The molecule has 0 aliphatic heterocycles. The van der Waals surface area contributed by atoms with E-state index in [1.807, 2.05) is 18.2 Å². The molecule has 0 saturated heterocycles. The Morgan fingerprint density at radius 3 is 2.93 bits per heavy atom. The van der Waals surface area contributed by atoms with Crippen molar-refractivity contribution < 1.29 is 9.84 Å². The van der Waals surface area contributed by atoms with E-state index >= 15 is 0 Å². The molecule has 0 aliphatic carbocycles. The fraction of sp³-hybridized carbons (Fsp3) is 0.273. The Bertz CT molecular complexity index is 342. The van der Waals surface area contributed by atoms with Gasteiger partial charge in [-0.05, 0) is 22.0 Å². The highest BCUT2D eigenvalue weighted by Gasteiger charge is 2.06. The van der Waals surface area contributed by atoms with E-state index in [-0.39, 0.29) is 6.61 Å². The molecule has 3 heteroatoms. The summed E-state index contributed by atoms with van der Waals surface area (Å²) in [5.41, 5.74) is 0.761. The second-order valence-corrected chi connectivity index (χ2v) is 3.54. The molecule has 1 aromatic carbocycles. The Hall–Kier alpha value is -0.980. The highest BCUT2D eigenvalue weighted by atomic mass is 79.9. The van der Waals surface area contributed by atoms with Gasteiger partial charge in [0.25, 0.3) is 0 Å². The average Bonchev–Trinajstić information content (AvgIpc) is 2.20. The lowest BCUT2D eigenvalue weighted by Gasteiger charge is -2.10. The van der Waals surface area contributed by atoms with Gasteiger partial charge in [-0.3, -0.25) is 0 Å². The van der Waals surface area contributed by atoms with Gasteiger partial charge in [-0.15, -0.1) is 12.3 Å². The molecule has 1 rings (SSSR count). The third-order valence-corrected chi connectivity index (χ3v) is 2.34. The summed E-state index contributed by atoms with van der Waals surface area (Å²) in [4.78, 5) is 0. The molecule has 1 N–H and O–H groups in total. The summed E-state index contributed by atoms with van der Waals surface area (Å²) in [6.07, 6.45) is 5.67. The monoisotopic (exact) mass is 254 g/mol. The van der Waals surface area contributed by atoms with E-state index in [0.29, 0.717) is 18.8 Å². The van der Waals surface area contributed by atoms with Crippen LogP contribution in [0.15, 0.2) is 22.7 Å². The lowest BCUT2D eigenvalue weighted by Crippen LogP contribution is -2.00. The SMILES string of the molecule is C#CCCOc1c(Br)cccc1CO. The standard InChI is InChI=1S/C11H11BrO2/c1-2-3-7-14-11-9(8-13)5-4-6-10(11)12/h1,4-6,13H,3,7-8H2. The van der Waals surface area contributed by atoms with E-state index in [2.05, 4.69) is 21.9 Å². The van der Waals surface area contributed by atoms with Crippen molar-refractivity contribution in [1.82, 2.24) is 0 Å². The molecule has 0 spiro atoms. The number of ether oxygens (including phenoxy) is 1. The molecule has 2 nitrogen and oxygen atoms in total. The van der Waals surface area contributed by atoms with Crippen molar-refractivity contribution >= 4 is 15.9 Å². The zero-order valence-corrected chi connectivity index (χ0v) is 9.25. The van der Waals surface area contributed by atoms with Crippen LogP contribution in [-0.4, -0.2) is 11.7 Å². The number of aliphatic hydroxyl groups excluding tert-OH is 1. The van der Waals surface area contributed by atoms with Crippen LogP contribution in [0.5, 0.6) is 5.75 Å². The van der Waals surface area contributed by atoms with Crippen LogP contribution in [0.2, 0.25) is 0 Å². The molecule has 0 bridgehead atoms. The van der Waals surface area contributed by atoms with E-state index < -0.39 is 0 Å². The van der Waals surface area contributed by atoms with Gasteiger partial charge in [-0.2, -0.15) is 0 Å². The number of halogens is 1. The second kappa shape index (κ2) is 5.69. The van der Waals surface area contributed by atoms with Crippen LogP contribution in [0.1, 0.15) is 12.0 Å². The third-order valence-electron chi connectivity index (χ3n) is 1.71. The molecular formula is C11H11BrO2. The summed E-state index contributed by atoms with van der Waals surface area (Å²) in [7, 11) is 0. The van der Waals surface area contributed by atoms with Gasteiger partial charge in [0.2, 0.25) is 0 Å². The van der Waals surface area contributed by atoms with Crippen molar-refractivity contribution in [3.05, 3.63) is 28.2 Å². The van der Waals surface area contributed by atoms with Crippen LogP contribution >= 0.6 is 15.9 Å². The van der Waals surface area contributed by atoms with Gasteiger partial charge in [0.15, 0.2) is 0 Å². The third kappa shape index (κ3) is 2.76. The van der Waals surface area contributed by atoms with Crippen molar-refractivity contribution in [2.75, 3.05) is 6.61 Å². The molecule has 0 unspecified atom stereocenters. The van der Waals surface area contributed by atoms with Crippen molar-refractivity contribution in [2.24, 2.45) is 0 Å². The van der Waals surface area contributed by atoms with Crippen LogP contribution in [0.25, 0.3) is 0 Å².